The van der Waals surface area contributed by atoms with Gasteiger partial charge in [-0.3, -0.25) is 9.69 Å². The van der Waals surface area contributed by atoms with E-state index in [0.717, 1.165) is 65.0 Å². The Bertz CT molecular complexity index is 1480. The van der Waals surface area contributed by atoms with Gasteiger partial charge in [0.15, 0.2) is 17.3 Å². The first-order chi connectivity index (χ1) is 17.5. The summed E-state index contributed by atoms with van der Waals surface area (Å²) in [4.78, 5) is 19.0. The summed E-state index contributed by atoms with van der Waals surface area (Å²) in [6.45, 7) is 8.84. The summed E-state index contributed by atoms with van der Waals surface area (Å²) in [5, 5.41) is 13.8. The predicted octanol–water partition coefficient (Wildman–Crippen LogP) is 3.73. The van der Waals surface area contributed by atoms with Crippen LogP contribution in [0.4, 0.5) is 0 Å². The Morgan fingerprint density at radius 3 is 2.72 bits per heavy atom. The van der Waals surface area contributed by atoms with Crippen LogP contribution < -0.4 is 15.0 Å². The van der Waals surface area contributed by atoms with Crippen molar-refractivity contribution in [2.24, 2.45) is 5.92 Å². The quantitative estimate of drug-likeness (QED) is 0.459. The number of ether oxygens (including phenoxy) is 2. The van der Waals surface area contributed by atoms with Gasteiger partial charge in [-0.25, -0.2) is 4.68 Å². The maximum atomic E-state index is 13.5. The minimum absolute atomic E-state index is 0.101. The maximum absolute atomic E-state index is 13.5. The van der Waals surface area contributed by atoms with Crippen LogP contribution in [-0.4, -0.2) is 50.0 Å². The van der Waals surface area contributed by atoms with Gasteiger partial charge in [0.25, 0.3) is 5.56 Å². The number of likely N-dealkylation sites (tertiary alicyclic amines) is 1. The Morgan fingerprint density at radius 1 is 1.08 bits per heavy atom. The zero-order valence-corrected chi connectivity index (χ0v) is 20.8. The van der Waals surface area contributed by atoms with E-state index in [2.05, 4.69) is 51.4 Å². The fourth-order valence-corrected chi connectivity index (χ4v) is 5.43. The Morgan fingerprint density at radius 2 is 1.89 bits per heavy atom. The average molecular weight is 487 g/mol. The topological polar surface area (TPSA) is 98.2 Å². The molecule has 0 unspecified atom stereocenters. The molecule has 4 heterocycles. The van der Waals surface area contributed by atoms with Crippen molar-refractivity contribution in [2.45, 2.75) is 46.2 Å². The molecule has 9 nitrogen and oxygen atoms in total. The number of H-pyrrole nitrogens is 1. The normalized spacial score (nSPS) is 17.1. The lowest BCUT2D eigenvalue weighted by atomic mass is 9.95. The Balaban J connectivity index is 1.44. The van der Waals surface area contributed by atoms with Gasteiger partial charge < -0.3 is 14.5 Å². The van der Waals surface area contributed by atoms with Crippen LogP contribution in [-0.2, 0) is 6.54 Å². The highest BCUT2D eigenvalue weighted by atomic mass is 16.7. The highest BCUT2D eigenvalue weighted by Crippen LogP contribution is 2.34. The van der Waals surface area contributed by atoms with E-state index in [1.165, 1.54) is 0 Å². The molecule has 0 radical (unpaired) electrons. The molecule has 2 aliphatic rings. The van der Waals surface area contributed by atoms with Crippen molar-refractivity contribution in [1.82, 2.24) is 30.1 Å². The van der Waals surface area contributed by atoms with E-state index in [9.17, 15) is 4.79 Å². The van der Waals surface area contributed by atoms with Crippen LogP contribution in [0.15, 0.2) is 41.2 Å². The molecule has 0 amide bonds. The summed E-state index contributed by atoms with van der Waals surface area (Å²) < 4.78 is 12.8. The molecule has 2 aromatic heterocycles. The first-order valence-electron chi connectivity index (χ1n) is 12.5. The van der Waals surface area contributed by atoms with Gasteiger partial charge in [-0.15, -0.1) is 5.10 Å². The Kier molecular flexibility index (Phi) is 5.72. The van der Waals surface area contributed by atoms with Gasteiger partial charge in [-0.05, 0) is 96.9 Å². The molecule has 1 saturated heterocycles. The van der Waals surface area contributed by atoms with E-state index in [0.29, 0.717) is 23.9 Å². The number of aromatic amines is 1. The molecule has 9 heteroatoms. The fraction of sp³-hybridized carbons (Fsp3) is 0.407. The highest BCUT2D eigenvalue weighted by molar-refractivity contribution is 5.83. The molecule has 1 fully saturated rings. The molecule has 6 rings (SSSR count). The van der Waals surface area contributed by atoms with E-state index in [-0.39, 0.29) is 18.4 Å². The number of aryl methyl sites for hydroxylation is 2. The molecular formula is C27H30N6O3. The number of piperidine rings is 1. The smallest absolute Gasteiger partial charge is 0.253 e. The summed E-state index contributed by atoms with van der Waals surface area (Å²) in [5.41, 5.74) is 4.66. The summed E-state index contributed by atoms with van der Waals surface area (Å²) >= 11 is 0. The zero-order valence-electron chi connectivity index (χ0n) is 20.8. The van der Waals surface area contributed by atoms with E-state index < -0.39 is 0 Å². The monoisotopic (exact) mass is 486 g/mol. The van der Waals surface area contributed by atoms with E-state index >= 15 is 0 Å². The van der Waals surface area contributed by atoms with Gasteiger partial charge in [0, 0.05) is 5.56 Å². The molecule has 2 aliphatic heterocycles. The van der Waals surface area contributed by atoms with Gasteiger partial charge in [0.05, 0.1) is 12.1 Å². The SMILES string of the molecule is Cc1cc(C)c2[nH]c(=O)c([C@H](c3nnnn3Cc3ccc4c(c3)OCO4)N3CCC(C)CC3)cc2c1. The number of nitrogens with zero attached hydrogens (tertiary/aromatic N) is 5. The molecule has 1 N–H and O–H groups in total. The van der Waals surface area contributed by atoms with Crippen LogP contribution in [0.1, 0.15) is 53.9 Å². The Hall–Kier alpha value is -3.72. The fourth-order valence-electron chi connectivity index (χ4n) is 5.43. The number of benzene rings is 2. The van der Waals surface area contributed by atoms with Crippen molar-refractivity contribution in [3.05, 3.63) is 74.8 Å². The number of pyridine rings is 1. The number of fused-ring (bicyclic) bond motifs is 2. The molecule has 0 bridgehead atoms. The molecule has 2 aromatic carbocycles. The molecule has 1 atom stereocenters. The van der Waals surface area contributed by atoms with Crippen molar-refractivity contribution in [3.8, 4) is 11.5 Å². The van der Waals surface area contributed by atoms with E-state index in [1.54, 1.807) is 4.68 Å². The first kappa shape index (κ1) is 22.7. The average Bonchev–Trinajstić information content (AvgIpc) is 3.51. The Labute approximate surface area is 209 Å². The van der Waals surface area contributed by atoms with E-state index in [4.69, 9.17) is 9.47 Å². The second-order valence-electron chi connectivity index (χ2n) is 10.1. The van der Waals surface area contributed by atoms with Crippen LogP contribution in [0.2, 0.25) is 0 Å². The molecule has 4 aromatic rings. The molecule has 0 saturated carbocycles. The molecule has 0 aliphatic carbocycles. The second kappa shape index (κ2) is 9.05. The third kappa shape index (κ3) is 4.13. The highest BCUT2D eigenvalue weighted by Gasteiger charge is 2.32. The van der Waals surface area contributed by atoms with E-state index in [1.807, 2.05) is 31.2 Å². The number of hydrogen-bond acceptors (Lipinski definition) is 7. The van der Waals surface area contributed by atoms with Crippen LogP contribution in [0, 0.1) is 19.8 Å². The third-order valence-electron chi connectivity index (χ3n) is 7.37. The largest absolute Gasteiger partial charge is 0.454 e. The number of nitrogens with one attached hydrogen (secondary N) is 1. The van der Waals surface area contributed by atoms with Gasteiger partial charge in [0.1, 0.15) is 6.04 Å². The van der Waals surface area contributed by atoms with Gasteiger partial charge in [-0.2, -0.15) is 0 Å². The van der Waals surface area contributed by atoms with Gasteiger partial charge >= 0.3 is 0 Å². The summed E-state index contributed by atoms with van der Waals surface area (Å²) in [6, 6.07) is 11.7. The summed E-state index contributed by atoms with van der Waals surface area (Å²) in [6.07, 6.45) is 2.15. The minimum Gasteiger partial charge on any atom is -0.454 e. The van der Waals surface area contributed by atoms with Gasteiger partial charge in [0.2, 0.25) is 6.79 Å². The van der Waals surface area contributed by atoms with Crippen molar-refractivity contribution < 1.29 is 9.47 Å². The lowest BCUT2D eigenvalue weighted by Crippen LogP contribution is -2.40. The zero-order chi connectivity index (χ0) is 24.8. The lowest BCUT2D eigenvalue weighted by molar-refractivity contribution is 0.149. The minimum atomic E-state index is -0.351. The second-order valence-corrected chi connectivity index (χ2v) is 10.1. The molecule has 186 valence electrons. The number of tetrazole rings is 1. The maximum Gasteiger partial charge on any atom is 0.253 e. The van der Waals surface area contributed by atoms with Crippen LogP contribution in [0.5, 0.6) is 11.5 Å². The third-order valence-corrected chi connectivity index (χ3v) is 7.37. The number of hydrogen-bond donors (Lipinski definition) is 1. The first-order valence-corrected chi connectivity index (χ1v) is 12.5. The standard InChI is InChI=1S/C27H30N6O3/c1-16-6-8-32(9-7-16)25(21-13-20-11-17(2)10-18(3)24(20)28-27(21)34)26-29-30-31-33(26)14-19-4-5-22-23(12-19)36-15-35-22/h4-5,10-13,16,25H,6-9,14-15H2,1-3H3,(H,28,34)/t25-/m1/s1. The van der Waals surface area contributed by atoms with Crippen molar-refractivity contribution in [1.29, 1.82) is 0 Å². The summed E-state index contributed by atoms with van der Waals surface area (Å²) in [7, 11) is 0. The van der Waals surface area contributed by atoms with Crippen LogP contribution in [0.3, 0.4) is 0 Å². The van der Waals surface area contributed by atoms with Crippen molar-refractivity contribution >= 4 is 10.9 Å². The van der Waals surface area contributed by atoms with Crippen LogP contribution in [0.25, 0.3) is 10.9 Å². The molecule has 36 heavy (non-hydrogen) atoms. The summed E-state index contributed by atoms with van der Waals surface area (Å²) in [5.74, 6) is 2.79. The van der Waals surface area contributed by atoms with Crippen LogP contribution >= 0.6 is 0 Å². The van der Waals surface area contributed by atoms with Crippen molar-refractivity contribution in [3.63, 3.8) is 0 Å². The number of aromatic nitrogens is 5. The lowest BCUT2D eigenvalue weighted by Gasteiger charge is -2.36. The molecular weight excluding hydrogens is 456 g/mol. The predicted molar refractivity (Wildman–Crippen MR) is 135 cm³/mol. The number of rotatable bonds is 5. The van der Waals surface area contributed by atoms with Crippen molar-refractivity contribution in [2.75, 3.05) is 19.9 Å². The van der Waals surface area contributed by atoms with Gasteiger partial charge in [-0.1, -0.05) is 24.6 Å². The molecule has 0 spiro atoms.